The highest BCUT2D eigenvalue weighted by atomic mass is 79.9. The number of halogens is 2. The van der Waals surface area contributed by atoms with Gasteiger partial charge in [-0.1, -0.05) is 39.7 Å². The molecular formula is C15H13BrClNO2. The highest BCUT2D eigenvalue weighted by Crippen LogP contribution is 2.27. The van der Waals surface area contributed by atoms with E-state index in [2.05, 4.69) is 15.9 Å². The second kappa shape index (κ2) is 6.29. The average molecular weight is 355 g/mol. The van der Waals surface area contributed by atoms with Crippen molar-refractivity contribution < 1.29 is 9.53 Å². The molecule has 104 valence electrons. The van der Waals surface area contributed by atoms with Crippen molar-refractivity contribution in [2.45, 2.75) is 6.42 Å². The fourth-order valence-electron chi connectivity index (χ4n) is 1.90. The van der Waals surface area contributed by atoms with E-state index in [1.807, 2.05) is 12.1 Å². The Labute approximate surface area is 130 Å². The van der Waals surface area contributed by atoms with Gasteiger partial charge in [0.25, 0.3) is 0 Å². The number of carbonyl (C=O) groups is 1. The van der Waals surface area contributed by atoms with Gasteiger partial charge in [0.15, 0.2) is 5.78 Å². The van der Waals surface area contributed by atoms with E-state index in [-0.39, 0.29) is 12.2 Å². The summed E-state index contributed by atoms with van der Waals surface area (Å²) in [5.41, 5.74) is 7.49. The number of Topliss-reactive ketones (excluding diaryl/α,β-unsaturated/α-hetero) is 1. The highest BCUT2D eigenvalue weighted by Gasteiger charge is 2.15. The maximum absolute atomic E-state index is 12.3. The van der Waals surface area contributed by atoms with E-state index in [4.69, 9.17) is 22.1 Å². The van der Waals surface area contributed by atoms with E-state index < -0.39 is 0 Å². The molecule has 0 aromatic heterocycles. The molecule has 2 N–H and O–H groups in total. The summed E-state index contributed by atoms with van der Waals surface area (Å²) in [6, 6.07) is 10.6. The molecule has 0 saturated heterocycles. The number of hydrogen-bond donors (Lipinski definition) is 1. The third-order valence-corrected chi connectivity index (χ3v) is 3.80. The molecule has 0 aliphatic heterocycles. The summed E-state index contributed by atoms with van der Waals surface area (Å²) in [4.78, 5) is 12.3. The lowest BCUT2D eigenvalue weighted by molar-refractivity contribution is 0.0993. The van der Waals surface area contributed by atoms with Gasteiger partial charge in [-0.15, -0.1) is 0 Å². The first kappa shape index (κ1) is 14.9. The predicted molar refractivity (Wildman–Crippen MR) is 84.6 cm³/mol. The molecule has 20 heavy (non-hydrogen) atoms. The average Bonchev–Trinajstić information content (AvgIpc) is 2.42. The van der Waals surface area contributed by atoms with Crippen LogP contribution in [0.4, 0.5) is 5.69 Å². The van der Waals surface area contributed by atoms with Gasteiger partial charge < -0.3 is 10.5 Å². The maximum Gasteiger partial charge on any atom is 0.169 e. The monoisotopic (exact) mass is 353 g/mol. The van der Waals surface area contributed by atoms with Crippen LogP contribution in [-0.4, -0.2) is 12.9 Å². The van der Waals surface area contributed by atoms with Crippen LogP contribution in [0, 0.1) is 0 Å². The van der Waals surface area contributed by atoms with Gasteiger partial charge >= 0.3 is 0 Å². The minimum absolute atomic E-state index is 0.0920. The van der Waals surface area contributed by atoms with Crippen molar-refractivity contribution in [3.63, 3.8) is 0 Å². The molecule has 0 radical (unpaired) electrons. The van der Waals surface area contributed by atoms with E-state index in [1.54, 1.807) is 24.3 Å². The molecule has 0 bridgehead atoms. The summed E-state index contributed by atoms with van der Waals surface area (Å²) in [6.07, 6.45) is 0.198. The summed E-state index contributed by atoms with van der Waals surface area (Å²) in [5.74, 6) is 0.406. The minimum atomic E-state index is -0.0920. The number of para-hydroxylation sites is 1. The van der Waals surface area contributed by atoms with Crippen LogP contribution in [0.15, 0.2) is 40.9 Å². The molecule has 0 fully saturated rings. The SMILES string of the molecule is COc1cccc(C(=O)Cc2ccc(Br)cc2Cl)c1N. The molecule has 0 atom stereocenters. The summed E-state index contributed by atoms with van der Waals surface area (Å²) in [5, 5.41) is 0.550. The third-order valence-electron chi connectivity index (χ3n) is 2.95. The number of benzene rings is 2. The number of hydrogen-bond acceptors (Lipinski definition) is 3. The molecular weight excluding hydrogens is 342 g/mol. The molecule has 2 rings (SSSR count). The van der Waals surface area contributed by atoms with Crippen LogP contribution in [0.25, 0.3) is 0 Å². The molecule has 0 unspecified atom stereocenters. The summed E-state index contributed by atoms with van der Waals surface area (Å²) >= 11 is 9.45. The Morgan fingerprint density at radius 3 is 2.75 bits per heavy atom. The van der Waals surface area contributed by atoms with E-state index in [0.717, 1.165) is 10.0 Å². The molecule has 0 amide bonds. The van der Waals surface area contributed by atoms with Crippen molar-refractivity contribution in [1.82, 2.24) is 0 Å². The molecule has 0 heterocycles. The van der Waals surface area contributed by atoms with Gasteiger partial charge in [-0.3, -0.25) is 4.79 Å². The van der Waals surface area contributed by atoms with Crippen molar-refractivity contribution in [2.24, 2.45) is 0 Å². The Bertz CT molecular complexity index is 658. The Morgan fingerprint density at radius 1 is 1.35 bits per heavy atom. The molecule has 2 aromatic carbocycles. The number of carbonyl (C=O) groups excluding carboxylic acids is 1. The first-order valence-electron chi connectivity index (χ1n) is 5.92. The van der Waals surface area contributed by atoms with Crippen LogP contribution in [0.5, 0.6) is 5.75 Å². The second-order valence-electron chi connectivity index (χ2n) is 4.26. The second-order valence-corrected chi connectivity index (χ2v) is 5.58. The number of nitrogens with two attached hydrogens (primary N) is 1. The minimum Gasteiger partial charge on any atom is -0.495 e. The van der Waals surface area contributed by atoms with E-state index >= 15 is 0 Å². The lowest BCUT2D eigenvalue weighted by Crippen LogP contribution is -2.08. The van der Waals surface area contributed by atoms with Crippen molar-refractivity contribution in [3.8, 4) is 5.75 Å². The Balaban J connectivity index is 2.28. The predicted octanol–water partition coefficient (Wildman–Crippen LogP) is 4.12. The maximum atomic E-state index is 12.3. The number of ether oxygens (including phenoxy) is 1. The molecule has 2 aromatic rings. The lowest BCUT2D eigenvalue weighted by Gasteiger charge is -2.10. The van der Waals surface area contributed by atoms with Gasteiger partial charge in [0.1, 0.15) is 5.75 Å². The zero-order valence-corrected chi connectivity index (χ0v) is 13.2. The number of nitrogen functional groups attached to an aromatic ring is 1. The molecule has 3 nitrogen and oxygen atoms in total. The van der Waals surface area contributed by atoms with E-state index in [9.17, 15) is 4.79 Å². The van der Waals surface area contributed by atoms with Crippen LogP contribution >= 0.6 is 27.5 Å². The van der Waals surface area contributed by atoms with Gasteiger partial charge in [0.2, 0.25) is 0 Å². The van der Waals surface area contributed by atoms with Crippen molar-refractivity contribution >= 4 is 39.0 Å². The molecule has 0 saturated carbocycles. The third kappa shape index (κ3) is 3.14. The zero-order chi connectivity index (χ0) is 14.7. The van der Waals surface area contributed by atoms with Gasteiger partial charge in [-0.2, -0.15) is 0 Å². The van der Waals surface area contributed by atoms with Crippen LogP contribution in [-0.2, 0) is 6.42 Å². The molecule has 0 spiro atoms. The Morgan fingerprint density at radius 2 is 2.10 bits per heavy atom. The molecule has 0 aliphatic carbocycles. The number of ketones is 1. The smallest absolute Gasteiger partial charge is 0.169 e. The highest BCUT2D eigenvalue weighted by molar-refractivity contribution is 9.10. The quantitative estimate of drug-likeness (QED) is 0.664. The van der Waals surface area contributed by atoms with Gasteiger partial charge in [0, 0.05) is 21.5 Å². The summed E-state index contributed by atoms with van der Waals surface area (Å²) in [6.45, 7) is 0. The molecule has 0 aliphatic rings. The first-order valence-corrected chi connectivity index (χ1v) is 7.09. The summed E-state index contributed by atoms with van der Waals surface area (Å²) in [7, 11) is 1.52. The van der Waals surface area contributed by atoms with Crippen LogP contribution in [0.2, 0.25) is 5.02 Å². The van der Waals surface area contributed by atoms with Crippen LogP contribution < -0.4 is 10.5 Å². The van der Waals surface area contributed by atoms with Gasteiger partial charge in [-0.05, 0) is 29.8 Å². The number of methoxy groups -OCH3 is 1. The number of anilines is 1. The largest absolute Gasteiger partial charge is 0.495 e. The Kier molecular flexibility index (Phi) is 4.68. The first-order chi connectivity index (χ1) is 9.52. The van der Waals surface area contributed by atoms with Crippen molar-refractivity contribution in [3.05, 3.63) is 57.0 Å². The van der Waals surface area contributed by atoms with E-state index in [0.29, 0.717) is 22.0 Å². The lowest BCUT2D eigenvalue weighted by atomic mass is 10.0. The van der Waals surface area contributed by atoms with Crippen LogP contribution in [0.1, 0.15) is 15.9 Å². The van der Waals surface area contributed by atoms with Gasteiger partial charge in [0.05, 0.1) is 12.8 Å². The number of rotatable bonds is 4. The van der Waals surface area contributed by atoms with Crippen molar-refractivity contribution in [1.29, 1.82) is 0 Å². The fourth-order valence-corrected chi connectivity index (χ4v) is 2.64. The molecule has 5 heteroatoms. The standard InChI is InChI=1S/C15H13BrClNO2/c1-20-14-4-2-3-11(15(14)18)13(19)7-9-5-6-10(16)8-12(9)17/h2-6,8H,7,18H2,1H3. The normalized spacial score (nSPS) is 10.3. The Hall–Kier alpha value is -1.52. The van der Waals surface area contributed by atoms with Crippen LogP contribution in [0.3, 0.4) is 0 Å². The summed E-state index contributed by atoms with van der Waals surface area (Å²) < 4.78 is 5.99. The fraction of sp³-hybridized carbons (Fsp3) is 0.133. The zero-order valence-electron chi connectivity index (χ0n) is 10.8. The van der Waals surface area contributed by atoms with E-state index in [1.165, 1.54) is 7.11 Å². The van der Waals surface area contributed by atoms with Crippen molar-refractivity contribution in [2.75, 3.05) is 12.8 Å². The topological polar surface area (TPSA) is 52.3 Å². The van der Waals surface area contributed by atoms with Gasteiger partial charge in [-0.25, -0.2) is 0 Å².